The second-order valence-electron chi connectivity index (χ2n) is 13.9. The zero-order chi connectivity index (χ0) is 36.6. The van der Waals surface area contributed by atoms with Crippen molar-refractivity contribution in [3.63, 3.8) is 0 Å². The molecular weight excluding hydrogens is 671 g/mol. The number of hydrogen-bond donors (Lipinski definition) is 0. The fourth-order valence-electron chi connectivity index (χ4n) is 8.85. The van der Waals surface area contributed by atoms with E-state index in [9.17, 15) is 5.26 Å². The first-order valence-corrected chi connectivity index (χ1v) is 18.3. The van der Waals surface area contributed by atoms with Crippen LogP contribution in [0.15, 0.2) is 176 Å². The average Bonchev–Trinajstić information content (AvgIpc) is 3.89. The smallest absolute Gasteiger partial charge is 0.211 e. The first-order valence-electron chi connectivity index (χ1n) is 18.3. The maximum atomic E-state index is 10.2. The minimum absolute atomic E-state index is 0.510. The number of aromatic nitrogens is 3. The van der Waals surface area contributed by atoms with Gasteiger partial charge in [-0.1, -0.05) is 121 Å². The number of hydrogen-bond acceptors (Lipinski definition) is 1. The lowest BCUT2D eigenvalue weighted by Gasteiger charge is -2.18. The molecule has 0 unspecified atom stereocenters. The molecule has 0 radical (unpaired) electrons. The highest BCUT2D eigenvalue weighted by atomic mass is 15.1. The Bertz CT molecular complexity index is 3420. The van der Waals surface area contributed by atoms with Crippen LogP contribution in [-0.2, 0) is 0 Å². The Kier molecular flexibility index (Phi) is 6.61. The Hall–Kier alpha value is -7.86. The van der Waals surface area contributed by atoms with Gasteiger partial charge in [0, 0.05) is 37.9 Å². The molecule has 3 heterocycles. The molecule has 8 aromatic carbocycles. The van der Waals surface area contributed by atoms with Crippen molar-refractivity contribution >= 4 is 71.1 Å². The molecular formula is C50H29N5. The van der Waals surface area contributed by atoms with Crippen molar-refractivity contribution in [3.05, 3.63) is 193 Å². The largest absolute Gasteiger partial charge is 0.318 e. The van der Waals surface area contributed by atoms with E-state index in [1.54, 1.807) is 0 Å². The highest BCUT2D eigenvalue weighted by Gasteiger charge is 2.22. The molecule has 0 saturated carbocycles. The minimum atomic E-state index is 0.510. The van der Waals surface area contributed by atoms with Crippen LogP contribution in [0.1, 0.15) is 5.56 Å². The molecule has 11 rings (SSSR count). The molecule has 3 aromatic heterocycles. The second-order valence-corrected chi connectivity index (χ2v) is 13.9. The van der Waals surface area contributed by atoms with Gasteiger partial charge in [-0.3, -0.25) is 0 Å². The molecule has 55 heavy (non-hydrogen) atoms. The molecule has 5 nitrogen and oxygen atoms in total. The summed E-state index contributed by atoms with van der Waals surface area (Å²) in [4.78, 5) is 4.12. The van der Waals surface area contributed by atoms with Crippen molar-refractivity contribution in [1.82, 2.24) is 13.7 Å². The fraction of sp³-hybridized carbons (Fsp3) is 0. The van der Waals surface area contributed by atoms with Crippen molar-refractivity contribution in [2.45, 2.75) is 0 Å². The summed E-state index contributed by atoms with van der Waals surface area (Å²) in [6, 6.07) is 63.5. The number of para-hydroxylation sites is 7. The van der Waals surface area contributed by atoms with Crippen LogP contribution in [0.4, 0.5) is 5.69 Å². The molecule has 0 spiro atoms. The number of fused-ring (bicyclic) bond motifs is 9. The number of benzene rings is 8. The van der Waals surface area contributed by atoms with Crippen LogP contribution in [0, 0.1) is 17.9 Å². The van der Waals surface area contributed by atoms with Crippen LogP contribution in [0.5, 0.6) is 0 Å². The standard InChI is InChI=1S/C50H29N5/c1-52-41-30-32(28-29-47(41)55-46-26-11-5-18-37(46)39-20-12-14-33(31-51)49(39)55)34-15-2-7-22-42(34)54-45-25-10-6-19-38(45)40-21-13-27-48(50(40)54)53-43-23-8-3-16-35(43)36-17-4-9-24-44(36)53/h2-30H. The van der Waals surface area contributed by atoms with Crippen LogP contribution >= 0.6 is 0 Å². The van der Waals surface area contributed by atoms with Crippen molar-refractivity contribution in [3.8, 4) is 34.3 Å². The van der Waals surface area contributed by atoms with E-state index < -0.39 is 0 Å². The van der Waals surface area contributed by atoms with Gasteiger partial charge < -0.3 is 13.7 Å². The molecule has 0 fully saturated rings. The summed E-state index contributed by atoms with van der Waals surface area (Å²) in [6.07, 6.45) is 0. The summed E-state index contributed by atoms with van der Waals surface area (Å²) in [5, 5.41) is 17.0. The Morgan fingerprint density at radius 2 is 0.891 bits per heavy atom. The van der Waals surface area contributed by atoms with Crippen LogP contribution < -0.4 is 0 Å². The third-order valence-corrected chi connectivity index (χ3v) is 11.1. The lowest BCUT2D eigenvalue weighted by Crippen LogP contribution is -2.02. The molecule has 0 N–H and O–H groups in total. The average molecular weight is 700 g/mol. The van der Waals surface area contributed by atoms with Gasteiger partial charge >= 0.3 is 0 Å². The Morgan fingerprint density at radius 3 is 1.51 bits per heavy atom. The highest BCUT2D eigenvalue weighted by Crippen LogP contribution is 2.43. The number of nitrogens with zero attached hydrogens (tertiary/aromatic N) is 5. The lowest BCUT2D eigenvalue weighted by atomic mass is 10.0. The minimum Gasteiger partial charge on any atom is -0.318 e. The number of nitriles is 1. The highest BCUT2D eigenvalue weighted by molar-refractivity contribution is 6.15. The van der Waals surface area contributed by atoms with Gasteiger partial charge in [-0.15, -0.1) is 0 Å². The Morgan fingerprint density at radius 1 is 0.418 bits per heavy atom. The topological polar surface area (TPSA) is 42.9 Å². The molecule has 0 aliphatic heterocycles. The van der Waals surface area contributed by atoms with E-state index in [0.29, 0.717) is 11.3 Å². The van der Waals surface area contributed by atoms with Gasteiger partial charge in [0.25, 0.3) is 0 Å². The molecule has 0 aliphatic carbocycles. The van der Waals surface area contributed by atoms with Crippen molar-refractivity contribution in [2.24, 2.45) is 0 Å². The van der Waals surface area contributed by atoms with E-state index in [2.05, 4.69) is 164 Å². The normalized spacial score (nSPS) is 11.6. The van der Waals surface area contributed by atoms with Gasteiger partial charge in [0.15, 0.2) is 0 Å². The summed E-state index contributed by atoms with van der Waals surface area (Å²) in [5.74, 6) is 0. The van der Waals surface area contributed by atoms with E-state index >= 15 is 0 Å². The maximum Gasteiger partial charge on any atom is 0.211 e. The zero-order valence-corrected chi connectivity index (χ0v) is 29.5. The van der Waals surface area contributed by atoms with E-state index in [1.807, 2.05) is 36.4 Å². The van der Waals surface area contributed by atoms with Crippen LogP contribution in [0.25, 0.3) is 98.5 Å². The Labute approximate surface area is 316 Å². The van der Waals surface area contributed by atoms with Gasteiger partial charge in [-0.2, -0.15) is 5.26 Å². The summed E-state index contributed by atoms with van der Waals surface area (Å²) < 4.78 is 6.88. The van der Waals surface area contributed by atoms with Gasteiger partial charge in [-0.05, 0) is 60.2 Å². The summed E-state index contributed by atoms with van der Waals surface area (Å²) in [5.41, 5.74) is 12.2. The monoisotopic (exact) mass is 699 g/mol. The van der Waals surface area contributed by atoms with Gasteiger partial charge in [0.05, 0.1) is 62.3 Å². The number of rotatable bonds is 4. The van der Waals surface area contributed by atoms with Crippen molar-refractivity contribution in [1.29, 1.82) is 5.26 Å². The molecule has 0 amide bonds. The quantitative estimate of drug-likeness (QED) is 0.169. The van der Waals surface area contributed by atoms with Crippen LogP contribution in [-0.4, -0.2) is 13.7 Å². The lowest BCUT2D eigenvalue weighted by molar-refractivity contribution is 1.13. The summed E-state index contributed by atoms with van der Waals surface area (Å²) >= 11 is 0. The van der Waals surface area contributed by atoms with Crippen LogP contribution in [0.3, 0.4) is 0 Å². The Balaban J connectivity index is 1.18. The SMILES string of the molecule is [C-]#[N+]c1cc(-c2ccccc2-n2c3ccccc3c3cccc(-n4c5ccccc5c5ccccc54)c32)ccc1-n1c2ccccc2c2cccc(C#N)c21. The third-order valence-electron chi connectivity index (χ3n) is 11.1. The van der Waals surface area contributed by atoms with Crippen LogP contribution in [0.2, 0.25) is 0 Å². The van der Waals surface area contributed by atoms with E-state index in [1.165, 1.54) is 21.5 Å². The predicted molar refractivity (Wildman–Crippen MR) is 226 cm³/mol. The van der Waals surface area contributed by atoms with E-state index in [-0.39, 0.29) is 0 Å². The molecule has 11 aromatic rings. The van der Waals surface area contributed by atoms with E-state index in [0.717, 1.165) is 72.1 Å². The second kappa shape index (κ2) is 11.8. The molecule has 254 valence electrons. The van der Waals surface area contributed by atoms with Crippen molar-refractivity contribution in [2.75, 3.05) is 0 Å². The van der Waals surface area contributed by atoms with E-state index in [4.69, 9.17) is 6.57 Å². The fourth-order valence-corrected chi connectivity index (χ4v) is 8.85. The zero-order valence-electron chi connectivity index (χ0n) is 29.5. The van der Waals surface area contributed by atoms with Gasteiger partial charge in [-0.25, -0.2) is 4.85 Å². The molecule has 0 bridgehead atoms. The molecule has 0 saturated heterocycles. The predicted octanol–water partition coefficient (Wildman–Crippen LogP) is 13.1. The molecule has 5 heteroatoms. The molecule has 0 atom stereocenters. The van der Waals surface area contributed by atoms with Gasteiger partial charge in [0.1, 0.15) is 6.07 Å². The third kappa shape index (κ3) is 4.33. The maximum absolute atomic E-state index is 10.2. The van der Waals surface area contributed by atoms with Crippen molar-refractivity contribution < 1.29 is 0 Å². The summed E-state index contributed by atoms with van der Waals surface area (Å²) in [6.45, 7) is 8.45. The first-order chi connectivity index (χ1) is 27.2. The summed E-state index contributed by atoms with van der Waals surface area (Å²) in [7, 11) is 0. The van der Waals surface area contributed by atoms with Gasteiger partial charge in [0.2, 0.25) is 5.69 Å². The first kappa shape index (κ1) is 30.7. The molecule has 0 aliphatic rings.